The number of para-hydroxylation sites is 1. The first-order chi connectivity index (χ1) is 16.0. The van der Waals surface area contributed by atoms with Crippen molar-refractivity contribution in [2.24, 2.45) is 0 Å². The lowest BCUT2D eigenvalue weighted by atomic mass is 9.99. The Bertz CT molecular complexity index is 1180. The molecule has 0 spiro atoms. The van der Waals surface area contributed by atoms with Gasteiger partial charge >= 0.3 is 0 Å². The van der Waals surface area contributed by atoms with Crippen molar-refractivity contribution in [1.82, 2.24) is 20.0 Å². The molecular weight excluding hydrogens is 440 g/mol. The van der Waals surface area contributed by atoms with Crippen LogP contribution in [0.5, 0.6) is 11.5 Å². The zero-order valence-corrected chi connectivity index (χ0v) is 19.6. The van der Waals surface area contributed by atoms with Gasteiger partial charge in [-0.05, 0) is 43.7 Å². The van der Waals surface area contributed by atoms with Gasteiger partial charge < -0.3 is 14.8 Å². The number of rotatable bonds is 4. The average Bonchev–Trinajstić information content (AvgIpc) is 2.96. The van der Waals surface area contributed by atoms with Gasteiger partial charge in [0.2, 0.25) is 5.91 Å². The van der Waals surface area contributed by atoms with Gasteiger partial charge in [0.1, 0.15) is 6.04 Å². The van der Waals surface area contributed by atoms with Gasteiger partial charge in [0, 0.05) is 37.3 Å². The van der Waals surface area contributed by atoms with Gasteiger partial charge in [-0.25, -0.2) is 4.68 Å². The SMILES string of the molecule is Cc1nn(-c2ccccc2)c(C)c1C1C(=O)NCCN1Cc1cc(Cl)c2c(c1)OCCCO2. The van der Waals surface area contributed by atoms with Crippen molar-refractivity contribution in [3.05, 3.63) is 70.0 Å². The van der Waals surface area contributed by atoms with Gasteiger partial charge in [0.15, 0.2) is 11.5 Å². The summed E-state index contributed by atoms with van der Waals surface area (Å²) in [5.74, 6) is 1.25. The van der Waals surface area contributed by atoms with E-state index in [1.165, 1.54) is 0 Å². The Balaban J connectivity index is 1.49. The number of carbonyl (C=O) groups is 1. The second-order valence-corrected chi connectivity index (χ2v) is 8.86. The molecule has 172 valence electrons. The van der Waals surface area contributed by atoms with E-state index >= 15 is 0 Å². The van der Waals surface area contributed by atoms with Crippen LogP contribution in [0.25, 0.3) is 5.69 Å². The topological polar surface area (TPSA) is 68.6 Å². The molecule has 0 saturated carbocycles. The number of carbonyl (C=O) groups excluding carboxylic acids is 1. The third kappa shape index (κ3) is 4.18. The largest absolute Gasteiger partial charge is 0.489 e. The highest BCUT2D eigenvalue weighted by Gasteiger charge is 2.35. The number of amides is 1. The summed E-state index contributed by atoms with van der Waals surface area (Å²) in [6, 6.07) is 13.4. The molecule has 1 saturated heterocycles. The Kier molecular flexibility index (Phi) is 6.00. The highest BCUT2D eigenvalue weighted by atomic mass is 35.5. The third-order valence-electron chi connectivity index (χ3n) is 6.18. The van der Waals surface area contributed by atoms with Crippen LogP contribution in [0.3, 0.4) is 0 Å². The van der Waals surface area contributed by atoms with Crippen molar-refractivity contribution >= 4 is 17.5 Å². The molecule has 3 heterocycles. The number of fused-ring (bicyclic) bond motifs is 1. The van der Waals surface area contributed by atoms with Crippen molar-refractivity contribution < 1.29 is 14.3 Å². The summed E-state index contributed by atoms with van der Waals surface area (Å²) < 4.78 is 13.5. The molecule has 1 fully saturated rings. The maximum atomic E-state index is 13.1. The summed E-state index contributed by atoms with van der Waals surface area (Å²) in [4.78, 5) is 15.3. The summed E-state index contributed by atoms with van der Waals surface area (Å²) >= 11 is 6.53. The molecule has 2 aliphatic rings. The monoisotopic (exact) mass is 466 g/mol. The van der Waals surface area contributed by atoms with Crippen LogP contribution in [0.4, 0.5) is 0 Å². The normalized spacial score (nSPS) is 18.6. The van der Waals surface area contributed by atoms with Crippen molar-refractivity contribution in [2.75, 3.05) is 26.3 Å². The fourth-order valence-corrected chi connectivity index (χ4v) is 4.97. The van der Waals surface area contributed by atoms with E-state index in [9.17, 15) is 4.79 Å². The van der Waals surface area contributed by atoms with Crippen LogP contribution in [-0.4, -0.2) is 46.9 Å². The van der Waals surface area contributed by atoms with E-state index in [0.717, 1.165) is 41.2 Å². The lowest BCUT2D eigenvalue weighted by molar-refractivity contribution is -0.129. The first kappa shape index (κ1) is 21.8. The van der Waals surface area contributed by atoms with Crippen LogP contribution in [0.15, 0.2) is 42.5 Å². The lowest BCUT2D eigenvalue weighted by Gasteiger charge is -2.35. The number of nitrogens with one attached hydrogen (secondary N) is 1. The van der Waals surface area contributed by atoms with Crippen LogP contribution in [0.2, 0.25) is 5.02 Å². The van der Waals surface area contributed by atoms with Crippen LogP contribution in [0, 0.1) is 13.8 Å². The number of hydrogen-bond donors (Lipinski definition) is 1. The number of hydrogen-bond acceptors (Lipinski definition) is 5. The molecule has 8 heteroatoms. The molecule has 0 radical (unpaired) electrons. The minimum absolute atomic E-state index is 0.0134. The summed E-state index contributed by atoms with van der Waals surface area (Å²) in [5, 5.41) is 8.33. The zero-order valence-electron chi connectivity index (χ0n) is 18.8. The second-order valence-electron chi connectivity index (χ2n) is 8.45. The molecule has 5 rings (SSSR count). The summed E-state index contributed by atoms with van der Waals surface area (Å²) in [6.07, 6.45) is 0.818. The van der Waals surface area contributed by atoms with Crippen LogP contribution >= 0.6 is 11.6 Å². The Morgan fingerprint density at radius 2 is 1.94 bits per heavy atom. The highest BCUT2D eigenvalue weighted by molar-refractivity contribution is 6.32. The van der Waals surface area contributed by atoms with Gasteiger partial charge in [-0.15, -0.1) is 0 Å². The Morgan fingerprint density at radius 1 is 1.15 bits per heavy atom. The number of aromatic nitrogens is 2. The van der Waals surface area contributed by atoms with E-state index in [-0.39, 0.29) is 5.91 Å². The molecule has 1 atom stereocenters. The standard InChI is InChI=1S/C25H27ClN4O3/c1-16-22(17(2)30(28-16)19-7-4-3-5-8-19)23-25(31)27-9-10-29(23)15-18-13-20(26)24-21(14-18)32-11-6-12-33-24/h3-5,7-8,13-14,23H,6,9-12,15H2,1-2H3,(H,27,31). The zero-order chi connectivity index (χ0) is 22.9. The summed E-state index contributed by atoms with van der Waals surface area (Å²) in [5.41, 5.74) is 4.70. The van der Waals surface area contributed by atoms with E-state index in [4.69, 9.17) is 26.2 Å². The Hall–Kier alpha value is -3.03. The predicted octanol–water partition coefficient (Wildman–Crippen LogP) is 3.98. The quantitative estimate of drug-likeness (QED) is 0.630. The maximum Gasteiger partial charge on any atom is 0.242 e. The number of benzene rings is 2. The third-order valence-corrected chi connectivity index (χ3v) is 6.46. The Morgan fingerprint density at radius 3 is 2.76 bits per heavy atom. The maximum absolute atomic E-state index is 13.1. The molecule has 1 unspecified atom stereocenters. The fourth-order valence-electron chi connectivity index (χ4n) is 4.68. The molecule has 2 aliphatic heterocycles. The van der Waals surface area contributed by atoms with Crippen molar-refractivity contribution in [3.63, 3.8) is 0 Å². The second kappa shape index (κ2) is 9.08. The minimum Gasteiger partial charge on any atom is -0.489 e. The smallest absolute Gasteiger partial charge is 0.242 e. The van der Waals surface area contributed by atoms with Gasteiger partial charge in [0.05, 0.1) is 29.6 Å². The molecule has 1 N–H and O–H groups in total. The van der Waals surface area contributed by atoms with Crippen LogP contribution in [0.1, 0.15) is 35.0 Å². The minimum atomic E-state index is -0.439. The predicted molar refractivity (Wildman–Crippen MR) is 126 cm³/mol. The van der Waals surface area contributed by atoms with E-state index < -0.39 is 6.04 Å². The van der Waals surface area contributed by atoms with Crippen molar-refractivity contribution in [3.8, 4) is 17.2 Å². The van der Waals surface area contributed by atoms with Crippen LogP contribution in [-0.2, 0) is 11.3 Å². The van der Waals surface area contributed by atoms with E-state index in [1.807, 2.05) is 61.0 Å². The van der Waals surface area contributed by atoms with Crippen LogP contribution < -0.4 is 14.8 Å². The average molecular weight is 467 g/mol. The molecule has 1 aromatic heterocycles. The number of piperazine rings is 1. The van der Waals surface area contributed by atoms with Gasteiger partial charge in [-0.3, -0.25) is 9.69 Å². The molecule has 0 aliphatic carbocycles. The number of halogens is 1. The summed E-state index contributed by atoms with van der Waals surface area (Å²) in [6.45, 7) is 7.04. The molecular formula is C25H27ClN4O3. The van der Waals surface area contributed by atoms with Crippen molar-refractivity contribution in [2.45, 2.75) is 32.9 Å². The summed E-state index contributed by atoms with van der Waals surface area (Å²) in [7, 11) is 0. The molecule has 33 heavy (non-hydrogen) atoms. The Labute approximate surface area is 198 Å². The highest BCUT2D eigenvalue weighted by Crippen LogP contribution is 2.39. The molecule has 7 nitrogen and oxygen atoms in total. The molecule has 3 aromatic rings. The van der Waals surface area contributed by atoms with Gasteiger partial charge in [0.25, 0.3) is 0 Å². The van der Waals surface area contributed by atoms with E-state index in [0.29, 0.717) is 42.8 Å². The molecule has 2 aromatic carbocycles. The van der Waals surface area contributed by atoms with Gasteiger partial charge in [-0.1, -0.05) is 29.8 Å². The fraction of sp³-hybridized carbons (Fsp3) is 0.360. The first-order valence-corrected chi connectivity index (χ1v) is 11.6. The first-order valence-electron chi connectivity index (χ1n) is 11.2. The number of ether oxygens (including phenoxy) is 2. The molecule has 1 amide bonds. The molecule has 0 bridgehead atoms. The van der Waals surface area contributed by atoms with E-state index in [1.54, 1.807) is 0 Å². The van der Waals surface area contributed by atoms with Crippen molar-refractivity contribution in [1.29, 1.82) is 0 Å². The van der Waals surface area contributed by atoms with Gasteiger partial charge in [-0.2, -0.15) is 5.10 Å². The number of nitrogens with zero attached hydrogens (tertiary/aromatic N) is 3. The van der Waals surface area contributed by atoms with E-state index in [2.05, 4.69) is 10.2 Å². The number of aryl methyl sites for hydroxylation is 1. The lowest BCUT2D eigenvalue weighted by Crippen LogP contribution is -2.49.